The predicted molar refractivity (Wildman–Crippen MR) is 185 cm³/mol. The Morgan fingerprint density at radius 1 is 1.09 bits per heavy atom. The largest absolute Gasteiger partial charge is 0.444 e. The second kappa shape index (κ2) is 20.6. The van der Waals surface area contributed by atoms with Gasteiger partial charge in [-0.15, -0.1) is 10.2 Å². The van der Waals surface area contributed by atoms with Gasteiger partial charge in [0.2, 0.25) is 11.0 Å². The second-order valence-corrected chi connectivity index (χ2v) is 12.8. The summed E-state index contributed by atoms with van der Waals surface area (Å²) in [6.45, 7) is 5.92. The molecule has 3 rings (SSSR count). The van der Waals surface area contributed by atoms with Crippen LogP contribution in [0.25, 0.3) is 0 Å². The number of benzene rings is 1. The van der Waals surface area contributed by atoms with Gasteiger partial charge in [0.15, 0.2) is 0 Å². The summed E-state index contributed by atoms with van der Waals surface area (Å²) in [6.07, 6.45) is 17.2. The van der Waals surface area contributed by atoms with Crippen molar-refractivity contribution in [3.8, 4) is 0 Å². The van der Waals surface area contributed by atoms with E-state index in [1.165, 1.54) is 16.9 Å². The second-order valence-electron chi connectivity index (χ2n) is 11.7. The Hall–Kier alpha value is -4.45. The Kier molecular flexibility index (Phi) is 16.9. The maximum atomic E-state index is 12.5. The van der Waals surface area contributed by atoms with Crippen LogP contribution in [0.2, 0.25) is 0 Å². The third-order valence-electron chi connectivity index (χ3n) is 6.47. The Morgan fingerprint density at radius 3 is 2.57 bits per heavy atom. The lowest BCUT2D eigenvalue weighted by Crippen LogP contribution is -2.33. The molecular formula is C34H49N7O4S. The molecule has 0 unspecified atom stereocenters. The summed E-state index contributed by atoms with van der Waals surface area (Å²) in [4.78, 5) is 34.3. The maximum Gasteiger partial charge on any atom is 0.407 e. The van der Waals surface area contributed by atoms with E-state index in [1.807, 2.05) is 57.2 Å². The number of hydrogen-bond donors (Lipinski definition) is 5. The number of allylic oxidation sites excluding steroid dienone is 7. The van der Waals surface area contributed by atoms with Gasteiger partial charge in [-0.2, -0.15) is 0 Å². The highest BCUT2D eigenvalue weighted by molar-refractivity contribution is 7.15. The van der Waals surface area contributed by atoms with Gasteiger partial charge in [0.05, 0.1) is 12.2 Å². The van der Waals surface area contributed by atoms with Crippen LogP contribution >= 0.6 is 11.3 Å². The molecule has 1 aliphatic rings. The summed E-state index contributed by atoms with van der Waals surface area (Å²) < 4.78 is 5.24. The fraction of sp³-hybridized carbons (Fsp3) is 0.441. The number of rotatable bonds is 15. The van der Waals surface area contributed by atoms with Crippen LogP contribution in [0.5, 0.6) is 0 Å². The summed E-state index contributed by atoms with van der Waals surface area (Å²) in [5.74, 6) is 0.408. The molecule has 11 nitrogen and oxygen atoms in total. The van der Waals surface area contributed by atoms with Crippen LogP contribution in [0.1, 0.15) is 75.4 Å². The van der Waals surface area contributed by atoms with E-state index >= 15 is 0 Å². The van der Waals surface area contributed by atoms with Gasteiger partial charge in [-0.1, -0.05) is 59.4 Å². The number of alkyl carbamates (subject to hydrolysis) is 1. The van der Waals surface area contributed by atoms with Crippen LogP contribution < -0.4 is 27.4 Å². The topological polar surface area (TPSA) is 174 Å². The number of unbranched alkanes of at least 4 members (excludes halogenated alkanes) is 1. The number of nitrogens with two attached hydrogens (primary N) is 2. The fourth-order valence-electron chi connectivity index (χ4n) is 4.17. The molecule has 2 aromatic rings. The quantitative estimate of drug-likeness (QED) is 0.0983. The van der Waals surface area contributed by atoms with Crippen LogP contribution in [0, 0.1) is 0 Å². The zero-order chi connectivity index (χ0) is 33.8. The summed E-state index contributed by atoms with van der Waals surface area (Å²) in [6, 6.07) is 7.74. The molecule has 0 spiro atoms. The van der Waals surface area contributed by atoms with Crippen molar-refractivity contribution in [2.24, 2.45) is 11.5 Å². The van der Waals surface area contributed by atoms with E-state index in [9.17, 15) is 14.4 Å². The average molecular weight is 652 g/mol. The molecule has 1 heterocycles. The molecule has 0 aliphatic heterocycles. The van der Waals surface area contributed by atoms with Crippen molar-refractivity contribution in [3.05, 3.63) is 87.9 Å². The number of nitrogens with zero attached hydrogens (tertiary/aromatic N) is 2. The van der Waals surface area contributed by atoms with Gasteiger partial charge in [-0.3, -0.25) is 4.79 Å². The van der Waals surface area contributed by atoms with Crippen LogP contribution in [0.15, 0.2) is 71.7 Å². The van der Waals surface area contributed by atoms with E-state index < -0.39 is 11.7 Å². The molecule has 2 amide bonds. The first-order chi connectivity index (χ1) is 22.0. The molecule has 1 aromatic heterocycles. The number of carbonyl (C=O) groups is 3. The minimum atomic E-state index is -0.531. The number of ether oxygens (including phenoxy) is 1. The van der Waals surface area contributed by atoms with E-state index in [-0.39, 0.29) is 12.3 Å². The Morgan fingerprint density at radius 2 is 1.87 bits per heavy atom. The number of nitrogens with one attached hydrogen (secondary N) is 3. The molecule has 0 radical (unpaired) electrons. The highest BCUT2D eigenvalue weighted by Crippen LogP contribution is 2.19. The molecule has 1 aromatic carbocycles. The van der Waals surface area contributed by atoms with Gasteiger partial charge >= 0.3 is 6.09 Å². The SMILES string of the molecule is CN/C(N)=C/C=C(\N)CCCCc1nnc(NC(=O)Cc2cccc(CCNC(=O)OC(C)(C)C)c2)s1.O=CCC1=CC=CCC1. The molecule has 0 fully saturated rings. The zero-order valence-electron chi connectivity index (χ0n) is 27.4. The third-order valence-corrected chi connectivity index (χ3v) is 7.37. The number of aryl methyl sites for hydroxylation is 1. The highest BCUT2D eigenvalue weighted by Gasteiger charge is 2.15. The molecule has 250 valence electrons. The van der Waals surface area contributed by atoms with Crippen molar-refractivity contribution in [1.29, 1.82) is 0 Å². The van der Waals surface area contributed by atoms with Crippen molar-refractivity contribution in [2.75, 3.05) is 18.9 Å². The van der Waals surface area contributed by atoms with E-state index in [4.69, 9.17) is 16.2 Å². The van der Waals surface area contributed by atoms with Crippen LogP contribution in [-0.4, -0.2) is 47.7 Å². The first kappa shape index (κ1) is 37.7. The van der Waals surface area contributed by atoms with Gasteiger partial charge in [0.25, 0.3) is 0 Å². The van der Waals surface area contributed by atoms with Crippen LogP contribution in [0.4, 0.5) is 9.93 Å². The summed E-state index contributed by atoms with van der Waals surface area (Å²) >= 11 is 1.38. The number of amides is 2. The number of hydrogen-bond acceptors (Lipinski definition) is 10. The van der Waals surface area contributed by atoms with E-state index in [2.05, 4.69) is 32.2 Å². The Labute approximate surface area is 276 Å². The average Bonchev–Trinajstić information content (AvgIpc) is 3.45. The first-order valence-corrected chi connectivity index (χ1v) is 16.3. The summed E-state index contributed by atoms with van der Waals surface area (Å²) in [5.41, 5.74) is 15.1. The monoisotopic (exact) mass is 651 g/mol. The van der Waals surface area contributed by atoms with Crippen LogP contribution in [0.3, 0.4) is 0 Å². The molecule has 0 saturated heterocycles. The molecular weight excluding hydrogens is 602 g/mol. The molecule has 0 bridgehead atoms. The Balaban J connectivity index is 0.000000700. The normalized spacial score (nSPS) is 13.2. The summed E-state index contributed by atoms with van der Waals surface area (Å²) in [7, 11) is 1.75. The third kappa shape index (κ3) is 17.1. The summed E-state index contributed by atoms with van der Waals surface area (Å²) in [5, 5.41) is 18.0. The van der Waals surface area contributed by atoms with Crippen molar-refractivity contribution in [1.82, 2.24) is 20.8 Å². The number of aromatic nitrogens is 2. The van der Waals surface area contributed by atoms with E-state index in [1.54, 1.807) is 19.2 Å². The zero-order valence-corrected chi connectivity index (χ0v) is 28.3. The fourth-order valence-corrected chi connectivity index (χ4v) is 4.97. The Bertz CT molecular complexity index is 1390. The molecule has 1 aliphatic carbocycles. The van der Waals surface area contributed by atoms with Crippen LogP contribution in [-0.2, 0) is 33.6 Å². The highest BCUT2D eigenvalue weighted by atomic mass is 32.1. The minimum absolute atomic E-state index is 0.154. The smallest absolute Gasteiger partial charge is 0.407 e. The van der Waals surface area contributed by atoms with Crippen molar-refractivity contribution in [3.63, 3.8) is 0 Å². The van der Waals surface area contributed by atoms with Gasteiger partial charge in [-0.25, -0.2) is 4.79 Å². The van der Waals surface area contributed by atoms with E-state index in [0.717, 1.165) is 66.6 Å². The van der Waals surface area contributed by atoms with Gasteiger partial charge in [0, 0.05) is 32.1 Å². The lowest BCUT2D eigenvalue weighted by Gasteiger charge is -2.19. The number of anilines is 1. The van der Waals surface area contributed by atoms with Crippen molar-refractivity contribution >= 4 is 34.8 Å². The molecule has 0 atom stereocenters. The molecule has 0 saturated carbocycles. The first-order valence-electron chi connectivity index (χ1n) is 15.5. The molecule has 7 N–H and O–H groups in total. The minimum Gasteiger partial charge on any atom is -0.444 e. The molecule has 46 heavy (non-hydrogen) atoms. The van der Waals surface area contributed by atoms with Gasteiger partial charge in [0.1, 0.15) is 16.9 Å². The standard InChI is InChI=1S/C26H39N7O3S.C8H10O/c1-26(2,3)36-25(35)30-15-14-18-8-7-9-19(16-18)17-22(34)31-24-33-32-23(37-24)11-6-5-10-20(27)12-13-21(28)29-4;9-7-6-8-4-2-1-3-5-8/h7-9,12-13,16,29H,5-6,10-11,14-15,17,27-28H2,1-4H3,(H,30,35)(H,31,33,34);1-2,4,7H,3,5-6H2/b20-12-,21-13+;. The maximum absolute atomic E-state index is 12.5. The van der Waals surface area contributed by atoms with Crippen molar-refractivity contribution < 1.29 is 19.1 Å². The van der Waals surface area contributed by atoms with E-state index in [0.29, 0.717) is 30.3 Å². The van der Waals surface area contributed by atoms with Gasteiger partial charge < -0.3 is 36.9 Å². The number of carbonyl (C=O) groups excluding carboxylic acids is 3. The number of aldehydes is 1. The van der Waals surface area contributed by atoms with Crippen molar-refractivity contribution in [2.45, 2.75) is 84.2 Å². The lowest BCUT2D eigenvalue weighted by molar-refractivity contribution is -0.115. The molecule has 12 heteroatoms. The predicted octanol–water partition coefficient (Wildman–Crippen LogP) is 5.21. The lowest BCUT2D eigenvalue weighted by atomic mass is 10.0. The van der Waals surface area contributed by atoms with Gasteiger partial charge in [-0.05, 0) is 82.6 Å².